The van der Waals surface area contributed by atoms with Crippen LogP contribution >= 0.6 is 0 Å². The highest BCUT2D eigenvalue weighted by atomic mass is 32.2. The third kappa shape index (κ3) is 3.27. The van der Waals surface area contributed by atoms with Crippen molar-refractivity contribution in [2.75, 3.05) is 7.05 Å². The molecule has 0 saturated heterocycles. The lowest BCUT2D eigenvalue weighted by Gasteiger charge is -2.19. The topological polar surface area (TPSA) is 74.7 Å². The number of rotatable bonds is 5. The molecule has 5 nitrogen and oxygen atoms in total. The molecule has 1 aromatic rings. The van der Waals surface area contributed by atoms with Crippen molar-refractivity contribution >= 4 is 16.0 Å². The lowest BCUT2D eigenvalue weighted by molar-refractivity contribution is -0.136. The fraction of sp³-hybridized carbons (Fsp3) is 0.364. The van der Waals surface area contributed by atoms with Gasteiger partial charge < -0.3 is 5.11 Å². The maximum Gasteiger partial charge on any atom is 0.323 e. The second kappa shape index (κ2) is 5.45. The number of aliphatic carboxylic acids is 1. The molecule has 0 fully saturated rings. The summed E-state index contributed by atoms with van der Waals surface area (Å²) < 4.78 is 37.3. The molecule has 0 radical (unpaired) electrons. The maximum atomic E-state index is 12.7. The van der Waals surface area contributed by atoms with E-state index < -0.39 is 27.1 Å². The summed E-state index contributed by atoms with van der Waals surface area (Å²) in [5, 5.41) is 7.20. The third-order valence-corrected chi connectivity index (χ3v) is 4.64. The molecular formula is C11H14FNO4S. The minimum Gasteiger partial charge on any atom is -0.480 e. The van der Waals surface area contributed by atoms with Crippen molar-refractivity contribution in [2.45, 2.75) is 18.7 Å². The van der Waals surface area contributed by atoms with Crippen LogP contribution in [0.2, 0.25) is 0 Å². The number of halogens is 1. The van der Waals surface area contributed by atoms with Crippen LogP contribution in [0.3, 0.4) is 0 Å². The van der Waals surface area contributed by atoms with Crippen molar-refractivity contribution in [2.24, 2.45) is 0 Å². The smallest absolute Gasteiger partial charge is 0.323 e. The molecule has 0 aliphatic rings. The van der Waals surface area contributed by atoms with E-state index in [0.29, 0.717) is 5.56 Å². The van der Waals surface area contributed by atoms with Gasteiger partial charge in [0.15, 0.2) is 5.25 Å². The first kappa shape index (κ1) is 14.6. The zero-order valence-electron chi connectivity index (χ0n) is 10.00. The minimum absolute atomic E-state index is 0.000231. The quantitative estimate of drug-likeness (QED) is 0.872. The SMILES string of the molecule is CC(C(=O)O)S(=O)(=O)N(C)Cc1ccc(F)cc1. The molecule has 7 heteroatoms. The largest absolute Gasteiger partial charge is 0.480 e. The Balaban J connectivity index is 2.85. The predicted molar refractivity (Wildman–Crippen MR) is 63.9 cm³/mol. The molecule has 0 heterocycles. The zero-order chi connectivity index (χ0) is 13.9. The lowest BCUT2D eigenvalue weighted by Crippen LogP contribution is -2.38. The van der Waals surface area contributed by atoms with E-state index in [-0.39, 0.29) is 6.54 Å². The Morgan fingerprint density at radius 3 is 2.33 bits per heavy atom. The minimum atomic E-state index is -3.91. The van der Waals surface area contributed by atoms with Crippen LogP contribution in [0.15, 0.2) is 24.3 Å². The summed E-state index contributed by atoms with van der Waals surface area (Å²) in [5.74, 6) is -1.82. The average Bonchev–Trinajstić information content (AvgIpc) is 2.30. The first-order chi connectivity index (χ1) is 8.25. The predicted octanol–water partition coefficient (Wildman–Crippen LogP) is 1.06. The molecule has 0 amide bonds. The monoisotopic (exact) mass is 275 g/mol. The average molecular weight is 275 g/mol. The molecule has 1 aromatic carbocycles. The van der Waals surface area contributed by atoms with Crippen molar-refractivity contribution in [3.05, 3.63) is 35.6 Å². The Hall–Kier alpha value is -1.47. The van der Waals surface area contributed by atoms with E-state index >= 15 is 0 Å². The third-order valence-electron chi connectivity index (χ3n) is 2.55. The van der Waals surface area contributed by atoms with Gasteiger partial charge in [-0.25, -0.2) is 12.8 Å². The highest BCUT2D eigenvalue weighted by Gasteiger charge is 2.31. The van der Waals surface area contributed by atoms with Crippen LogP contribution in [0.5, 0.6) is 0 Å². The summed E-state index contributed by atoms with van der Waals surface area (Å²) in [4.78, 5) is 10.7. The van der Waals surface area contributed by atoms with E-state index in [9.17, 15) is 17.6 Å². The van der Waals surface area contributed by atoms with E-state index in [1.807, 2.05) is 0 Å². The van der Waals surface area contributed by atoms with E-state index in [4.69, 9.17) is 5.11 Å². The molecule has 0 aromatic heterocycles. The van der Waals surface area contributed by atoms with Crippen molar-refractivity contribution in [1.82, 2.24) is 4.31 Å². The normalized spacial score (nSPS) is 13.6. The van der Waals surface area contributed by atoms with Crippen LogP contribution in [0, 0.1) is 5.82 Å². The maximum absolute atomic E-state index is 12.7. The number of benzene rings is 1. The van der Waals surface area contributed by atoms with Gasteiger partial charge in [0.2, 0.25) is 10.0 Å². The van der Waals surface area contributed by atoms with Crippen LogP contribution in [0.1, 0.15) is 12.5 Å². The Morgan fingerprint density at radius 2 is 1.89 bits per heavy atom. The van der Waals surface area contributed by atoms with Crippen LogP contribution in [0.4, 0.5) is 4.39 Å². The van der Waals surface area contributed by atoms with Gasteiger partial charge in [0, 0.05) is 13.6 Å². The van der Waals surface area contributed by atoms with E-state index in [0.717, 1.165) is 11.2 Å². The van der Waals surface area contributed by atoms with E-state index in [2.05, 4.69) is 0 Å². The van der Waals surface area contributed by atoms with Gasteiger partial charge in [-0.05, 0) is 24.6 Å². The summed E-state index contributed by atoms with van der Waals surface area (Å²) in [6, 6.07) is 5.34. The van der Waals surface area contributed by atoms with Gasteiger partial charge in [-0.15, -0.1) is 0 Å². The van der Waals surface area contributed by atoms with Gasteiger partial charge in [-0.3, -0.25) is 4.79 Å². The fourth-order valence-electron chi connectivity index (χ4n) is 1.33. The summed E-state index contributed by atoms with van der Waals surface area (Å²) in [5.41, 5.74) is 0.583. The van der Waals surface area contributed by atoms with Gasteiger partial charge >= 0.3 is 5.97 Å². The van der Waals surface area contributed by atoms with Crippen molar-refractivity contribution in [3.8, 4) is 0 Å². The lowest BCUT2D eigenvalue weighted by atomic mass is 10.2. The van der Waals surface area contributed by atoms with Gasteiger partial charge in [0.25, 0.3) is 0 Å². The summed E-state index contributed by atoms with van der Waals surface area (Å²) in [6.07, 6.45) is 0. The fourth-order valence-corrected chi connectivity index (χ4v) is 2.46. The van der Waals surface area contributed by atoms with E-state index in [1.165, 1.54) is 31.3 Å². The van der Waals surface area contributed by atoms with Crippen LogP contribution in [0.25, 0.3) is 0 Å². The number of hydrogen-bond acceptors (Lipinski definition) is 3. The van der Waals surface area contributed by atoms with Gasteiger partial charge in [0.1, 0.15) is 5.82 Å². The van der Waals surface area contributed by atoms with Crippen LogP contribution < -0.4 is 0 Å². The first-order valence-corrected chi connectivity index (χ1v) is 6.68. The molecule has 1 rings (SSSR count). The first-order valence-electron chi connectivity index (χ1n) is 5.17. The Bertz CT molecular complexity index is 526. The summed E-state index contributed by atoms with van der Waals surface area (Å²) in [7, 11) is -2.62. The highest BCUT2D eigenvalue weighted by molar-refractivity contribution is 7.90. The molecule has 1 atom stereocenters. The molecule has 18 heavy (non-hydrogen) atoms. The molecule has 1 unspecified atom stereocenters. The molecular weight excluding hydrogens is 261 g/mol. The van der Waals surface area contributed by atoms with Crippen LogP contribution in [-0.4, -0.2) is 36.1 Å². The van der Waals surface area contributed by atoms with E-state index in [1.54, 1.807) is 0 Å². The molecule has 100 valence electrons. The standard InChI is InChI=1S/C11H14FNO4S/c1-8(11(14)15)18(16,17)13(2)7-9-3-5-10(12)6-4-9/h3-6,8H,7H2,1-2H3,(H,14,15). The highest BCUT2D eigenvalue weighted by Crippen LogP contribution is 2.12. The summed E-state index contributed by atoms with van der Waals surface area (Å²) >= 11 is 0. The number of nitrogens with zero attached hydrogens (tertiary/aromatic N) is 1. The molecule has 0 aliphatic heterocycles. The van der Waals surface area contributed by atoms with Crippen molar-refractivity contribution in [3.63, 3.8) is 0 Å². The van der Waals surface area contributed by atoms with Gasteiger partial charge in [0.05, 0.1) is 0 Å². The molecule has 0 spiro atoms. The number of hydrogen-bond donors (Lipinski definition) is 1. The molecule has 0 bridgehead atoms. The Morgan fingerprint density at radius 1 is 1.39 bits per heavy atom. The van der Waals surface area contributed by atoms with Crippen LogP contribution in [-0.2, 0) is 21.4 Å². The number of carboxylic acid groups (broad SMARTS) is 1. The second-order valence-corrected chi connectivity index (χ2v) is 6.27. The zero-order valence-corrected chi connectivity index (χ0v) is 10.8. The van der Waals surface area contributed by atoms with Gasteiger partial charge in [-0.2, -0.15) is 4.31 Å². The molecule has 1 N–H and O–H groups in total. The second-order valence-electron chi connectivity index (χ2n) is 3.91. The Labute approximate surface area is 105 Å². The van der Waals surface area contributed by atoms with Crippen molar-refractivity contribution < 1.29 is 22.7 Å². The number of sulfonamides is 1. The van der Waals surface area contributed by atoms with Crippen molar-refractivity contribution in [1.29, 1.82) is 0 Å². The number of carboxylic acids is 1. The summed E-state index contributed by atoms with van der Waals surface area (Å²) in [6.45, 7) is 1.11. The molecule has 0 saturated carbocycles. The number of carbonyl (C=O) groups is 1. The molecule has 0 aliphatic carbocycles. The van der Waals surface area contributed by atoms with Gasteiger partial charge in [-0.1, -0.05) is 12.1 Å². The Kier molecular flexibility index (Phi) is 4.42.